The zero-order chi connectivity index (χ0) is 22.3. The minimum absolute atomic E-state index is 0.0894. The number of benzene rings is 2. The molecule has 1 heterocycles. The highest BCUT2D eigenvalue weighted by atomic mass is 16.5. The van der Waals surface area contributed by atoms with Crippen LogP contribution >= 0.6 is 0 Å². The van der Waals surface area contributed by atoms with Crippen LogP contribution in [0.3, 0.4) is 0 Å². The van der Waals surface area contributed by atoms with E-state index in [4.69, 9.17) is 4.74 Å². The van der Waals surface area contributed by atoms with Crippen molar-refractivity contribution in [3.8, 4) is 0 Å². The van der Waals surface area contributed by atoms with Crippen LogP contribution in [0.25, 0.3) is 0 Å². The van der Waals surface area contributed by atoms with Gasteiger partial charge in [0.15, 0.2) is 0 Å². The molecule has 0 bridgehead atoms. The summed E-state index contributed by atoms with van der Waals surface area (Å²) in [5.74, 6) is -0.675. The zero-order valence-corrected chi connectivity index (χ0v) is 18.3. The molecule has 4 rings (SSSR count). The molecule has 0 aromatic heterocycles. The first-order valence-corrected chi connectivity index (χ1v) is 11.4. The number of carbonyl (C=O) groups is 3. The monoisotopic (exact) mass is 434 g/mol. The normalized spacial score (nSPS) is 20.3. The lowest BCUT2D eigenvalue weighted by Crippen LogP contribution is -2.35. The zero-order valence-electron chi connectivity index (χ0n) is 18.3. The lowest BCUT2D eigenvalue weighted by molar-refractivity contribution is -0.140. The summed E-state index contributed by atoms with van der Waals surface area (Å²) < 4.78 is 5.84. The minimum atomic E-state index is -0.166. The molecule has 2 unspecified atom stereocenters. The molecule has 1 saturated heterocycles. The number of rotatable bonds is 9. The van der Waals surface area contributed by atoms with Gasteiger partial charge in [-0.2, -0.15) is 0 Å². The van der Waals surface area contributed by atoms with Crippen molar-refractivity contribution < 1.29 is 19.1 Å². The maximum Gasteiger partial charge on any atom is 0.233 e. The Kier molecular flexibility index (Phi) is 7.32. The molecule has 32 heavy (non-hydrogen) atoms. The van der Waals surface area contributed by atoms with Gasteiger partial charge in [0.2, 0.25) is 17.7 Å². The van der Waals surface area contributed by atoms with E-state index in [2.05, 4.69) is 5.32 Å². The third-order valence-electron chi connectivity index (χ3n) is 6.46. The molecule has 6 heteroatoms. The summed E-state index contributed by atoms with van der Waals surface area (Å²) >= 11 is 0. The number of likely N-dealkylation sites (tertiary alicyclic amines) is 1. The average Bonchev–Trinajstić information content (AvgIpc) is 3.07. The van der Waals surface area contributed by atoms with Crippen LogP contribution in [0, 0.1) is 11.8 Å². The molecule has 1 N–H and O–H groups in total. The maximum atomic E-state index is 12.5. The van der Waals surface area contributed by atoms with Gasteiger partial charge < -0.3 is 10.1 Å². The second-order valence-electron chi connectivity index (χ2n) is 8.60. The van der Waals surface area contributed by atoms with Crippen LogP contribution in [-0.4, -0.2) is 29.2 Å². The van der Waals surface area contributed by atoms with E-state index in [0.29, 0.717) is 19.8 Å². The molecular formula is C26H30N2O4. The Balaban J connectivity index is 1.24. The molecule has 168 valence electrons. The largest absolute Gasteiger partial charge is 0.372 e. The summed E-state index contributed by atoms with van der Waals surface area (Å²) in [5.41, 5.74) is 3.13. The van der Waals surface area contributed by atoms with Crippen molar-refractivity contribution in [1.29, 1.82) is 0 Å². The van der Waals surface area contributed by atoms with E-state index in [-0.39, 0.29) is 42.5 Å². The first-order valence-electron chi connectivity index (χ1n) is 11.4. The smallest absolute Gasteiger partial charge is 0.233 e. The van der Waals surface area contributed by atoms with E-state index in [9.17, 15) is 14.4 Å². The third kappa shape index (κ3) is 5.25. The number of nitrogens with one attached hydrogen (secondary N) is 1. The summed E-state index contributed by atoms with van der Waals surface area (Å²) in [6.45, 7) is 1.54. The van der Waals surface area contributed by atoms with Crippen LogP contribution in [-0.2, 0) is 38.9 Å². The average molecular weight is 435 g/mol. The molecule has 2 aromatic carbocycles. The number of hydrogen-bond acceptors (Lipinski definition) is 4. The summed E-state index contributed by atoms with van der Waals surface area (Å²) in [6, 6.07) is 17.9. The quantitative estimate of drug-likeness (QED) is 0.612. The molecule has 0 spiro atoms. The Bertz CT molecular complexity index is 935. The Morgan fingerprint density at radius 1 is 0.875 bits per heavy atom. The Hall–Kier alpha value is -2.99. The summed E-state index contributed by atoms with van der Waals surface area (Å²) in [4.78, 5) is 38.8. The Morgan fingerprint density at radius 3 is 2.19 bits per heavy atom. The minimum Gasteiger partial charge on any atom is -0.372 e. The molecule has 2 fully saturated rings. The molecule has 1 aliphatic carbocycles. The highest BCUT2D eigenvalue weighted by Crippen LogP contribution is 2.37. The number of hydrogen-bond donors (Lipinski definition) is 1. The molecule has 6 nitrogen and oxygen atoms in total. The molecule has 0 radical (unpaired) electrons. The van der Waals surface area contributed by atoms with Crippen molar-refractivity contribution in [2.24, 2.45) is 11.8 Å². The summed E-state index contributed by atoms with van der Waals surface area (Å²) in [7, 11) is 0. The van der Waals surface area contributed by atoms with Gasteiger partial charge in [0.05, 0.1) is 25.0 Å². The van der Waals surface area contributed by atoms with Crippen molar-refractivity contribution in [3.63, 3.8) is 0 Å². The second-order valence-corrected chi connectivity index (χ2v) is 8.60. The fourth-order valence-corrected chi connectivity index (χ4v) is 4.67. The van der Waals surface area contributed by atoms with E-state index < -0.39 is 0 Å². The first-order chi connectivity index (χ1) is 15.6. The third-order valence-corrected chi connectivity index (χ3v) is 6.46. The van der Waals surface area contributed by atoms with Gasteiger partial charge in [0, 0.05) is 19.5 Å². The number of imide groups is 1. The molecule has 2 atom stereocenters. The lowest BCUT2D eigenvalue weighted by Gasteiger charge is -2.19. The van der Waals surface area contributed by atoms with Gasteiger partial charge in [0.1, 0.15) is 0 Å². The van der Waals surface area contributed by atoms with E-state index in [0.717, 1.165) is 42.4 Å². The highest BCUT2D eigenvalue weighted by Gasteiger charge is 2.47. The molecule has 1 saturated carbocycles. The van der Waals surface area contributed by atoms with Gasteiger partial charge in [-0.05, 0) is 29.5 Å². The van der Waals surface area contributed by atoms with E-state index in [1.165, 1.54) is 4.90 Å². The number of ether oxygens (including phenoxy) is 1. The van der Waals surface area contributed by atoms with Crippen molar-refractivity contribution in [3.05, 3.63) is 71.3 Å². The molecule has 3 amide bonds. The molecule has 2 aromatic rings. The van der Waals surface area contributed by atoms with Gasteiger partial charge in [-0.25, -0.2) is 0 Å². The topological polar surface area (TPSA) is 75.7 Å². The van der Waals surface area contributed by atoms with Crippen molar-refractivity contribution in [2.45, 2.75) is 51.9 Å². The van der Waals surface area contributed by atoms with Gasteiger partial charge in [0.25, 0.3) is 0 Å². The van der Waals surface area contributed by atoms with Crippen LogP contribution in [0.4, 0.5) is 0 Å². The fourth-order valence-electron chi connectivity index (χ4n) is 4.67. The van der Waals surface area contributed by atoms with Crippen molar-refractivity contribution in [1.82, 2.24) is 10.2 Å². The predicted molar refractivity (Wildman–Crippen MR) is 120 cm³/mol. The van der Waals surface area contributed by atoms with Gasteiger partial charge in [-0.15, -0.1) is 0 Å². The number of nitrogens with zero attached hydrogens (tertiary/aromatic N) is 1. The van der Waals surface area contributed by atoms with E-state index in [1.807, 2.05) is 54.6 Å². The van der Waals surface area contributed by atoms with Crippen molar-refractivity contribution >= 4 is 17.7 Å². The van der Waals surface area contributed by atoms with Crippen LogP contribution in [0.2, 0.25) is 0 Å². The summed E-state index contributed by atoms with van der Waals surface area (Å²) in [5, 5.41) is 2.92. The van der Waals surface area contributed by atoms with Gasteiger partial charge >= 0.3 is 0 Å². The SMILES string of the molecule is O=C(CCN1C(=O)C2CCCCC2C1=O)NCc1ccccc1COCc1ccccc1. The van der Waals surface area contributed by atoms with Gasteiger partial charge in [-0.3, -0.25) is 19.3 Å². The number of carbonyl (C=O) groups excluding carboxylic acids is 3. The lowest BCUT2D eigenvalue weighted by atomic mass is 9.81. The molecule has 2 aliphatic rings. The van der Waals surface area contributed by atoms with E-state index >= 15 is 0 Å². The highest BCUT2D eigenvalue weighted by molar-refractivity contribution is 6.05. The Morgan fingerprint density at radius 2 is 1.50 bits per heavy atom. The summed E-state index contributed by atoms with van der Waals surface area (Å²) in [6.07, 6.45) is 3.72. The second kappa shape index (κ2) is 10.6. The predicted octanol–water partition coefficient (Wildman–Crippen LogP) is 3.58. The van der Waals surface area contributed by atoms with Crippen molar-refractivity contribution in [2.75, 3.05) is 6.54 Å². The van der Waals surface area contributed by atoms with Crippen LogP contribution < -0.4 is 5.32 Å². The maximum absolute atomic E-state index is 12.5. The fraction of sp³-hybridized carbons (Fsp3) is 0.423. The number of amides is 3. The standard InChI is InChI=1S/C26H30N2O4/c29-24(14-15-28-25(30)22-12-6-7-13-23(22)26(28)31)27-16-20-10-4-5-11-21(20)18-32-17-19-8-2-1-3-9-19/h1-5,8-11,22-23H,6-7,12-18H2,(H,27,29). The van der Waals surface area contributed by atoms with Gasteiger partial charge in [-0.1, -0.05) is 67.4 Å². The number of fused-ring (bicyclic) bond motifs is 1. The molecule has 1 aliphatic heterocycles. The molecular weight excluding hydrogens is 404 g/mol. The van der Waals surface area contributed by atoms with Crippen LogP contribution in [0.5, 0.6) is 0 Å². The van der Waals surface area contributed by atoms with Crippen LogP contribution in [0.1, 0.15) is 48.8 Å². The van der Waals surface area contributed by atoms with Crippen LogP contribution in [0.15, 0.2) is 54.6 Å². The first kappa shape index (κ1) is 22.2. The Labute approximate surface area is 188 Å². The van der Waals surface area contributed by atoms with E-state index in [1.54, 1.807) is 0 Å².